The number of methoxy groups -OCH3 is 1. The van der Waals surface area contributed by atoms with E-state index in [1.165, 1.54) is 7.11 Å². The number of aryl methyl sites for hydroxylation is 1. The fourth-order valence-corrected chi connectivity index (χ4v) is 1.17. The largest absolute Gasteiger partial charge is 0.477 e. The highest BCUT2D eigenvalue weighted by atomic mass is 16.5. The van der Waals surface area contributed by atoms with Crippen LogP contribution in [0.5, 0.6) is 0 Å². The third kappa shape index (κ3) is 2.81. The number of carboxylic acids is 1. The minimum atomic E-state index is -1.11. The summed E-state index contributed by atoms with van der Waals surface area (Å²) in [6, 6.07) is 1.55. The van der Waals surface area contributed by atoms with E-state index in [0.717, 1.165) is 0 Å². The lowest BCUT2D eigenvalue weighted by Crippen LogP contribution is -2.18. The molecule has 1 heterocycles. The average molecular weight is 212 g/mol. The molecule has 6 nitrogen and oxygen atoms in total. The highest BCUT2D eigenvalue weighted by Gasteiger charge is 2.14. The number of hydrogen-bond acceptors (Lipinski definition) is 3. The number of carbonyl (C=O) groups is 2. The third-order valence-electron chi connectivity index (χ3n) is 1.72. The molecule has 15 heavy (non-hydrogen) atoms. The Bertz CT molecular complexity index is 383. The molecule has 6 heteroatoms. The van der Waals surface area contributed by atoms with Gasteiger partial charge in [-0.3, -0.25) is 4.79 Å². The molecule has 0 aromatic carbocycles. The van der Waals surface area contributed by atoms with Gasteiger partial charge in [0.05, 0.1) is 5.69 Å². The smallest absolute Gasteiger partial charge is 0.354 e. The summed E-state index contributed by atoms with van der Waals surface area (Å²) in [6.45, 7) is 1.60. The molecule has 0 fully saturated rings. The standard InChI is InChI=1S/C9H12N2O4/c1-5-3-6(8(10-5)9(13)14)11-7(12)4-15-2/h3,10H,4H2,1-2H3,(H,11,12)(H,13,14). The lowest BCUT2D eigenvalue weighted by Gasteiger charge is -2.02. The number of aromatic amines is 1. The van der Waals surface area contributed by atoms with Crippen molar-refractivity contribution in [1.29, 1.82) is 0 Å². The predicted molar refractivity (Wildman–Crippen MR) is 53.0 cm³/mol. The van der Waals surface area contributed by atoms with E-state index in [2.05, 4.69) is 15.0 Å². The Kier molecular flexibility index (Phi) is 3.46. The fourth-order valence-electron chi connectivity index (χ4n) is 1.17. The van der Waals surface area contributed by atoms with Crippen molar-refractivity contribution in [1.82, 2.24) is 4.98 Å². The summed E-state index contributed by atoms with van der Waals surface area (Å²) in [4.78, 5) is 24.6. The molecule has 0 aliphatic carbocycles. The SMILES string of the molecule is COCC(=O)Nc1cc(C)[nH]c1C(=O)O. The predicted octanol–water partition coefficient (Wildman–Crippen LogP) is 0.606. The Morgan fingerprint density at radius 2 is 2.27 bits per heavy atom. The quantitative estimate of drug-likeness (QED) is 0.681. The molecule has 1 aromatic rings. The number of aromatic nitrogens is 1. The zero-order valence-electron chi connectivity index (χ0n) is 8.46. The van der Waals surface area contributed by atoms with E-state index in [0.29, 0.717) is 5.69 Å². The minimum Gasteiger partial charge on any atom is -0.477 e. The highest BCUT2D eigenvalue weighted by molar-refractivity contribution is 6.00. The molecule has 0 spiro atoms. The summed E-state index contributed by atoms with van der Waals surface area (Å²) in [5.74, 6) is -1.50. The van der Waals surface area contributed by atoms with E-state index >= 15 is 0 Å². The normalized spacial score (nSPS) is 10.0. The molecule has 0 radical (unpaired) electrons. The van der Waals surface area contributed by atoms with Crippen LogP contribution >= 0.6 is 0 Å². The van der Waals surface area contributed by atoms with Crippen LogP contribution in [0.3, 0.4) is 0 Å². The number of nitrogens with one attached hydrogen (secondary N) is 2. The van der Waals surface area contributed by atoms with Crippen LogP contribution in [-0.4, -0.2) is 35.7 Å². The lowest BCUT2D eigenvalue weighted by molar-refractivity contribution is -0.119. The molecule has 1 rings (SSSR count). The van der Waals surface area contributed by atoms with Crippen molar-refractivity contribution in [3.63, 3.8) is 0 Å². The van der Waals surface area contributed by atoms with Gasteiger partial charge in [-0.25, -0.2) is 4.79 Å². The maximum Gasteiger partial charge on any atom is 0.354 e. The first-order chi connectivity index (χ1) is 7.04. The number of aromatic carboxylic acids is 1. The van der Waals surface area contributed by atoms with Crippen molar-refractivity contribution < 1.29 is 19.4 Å². The monoisotopic (exact) mass is 212 g/mol. The van der Waals surface area contributed by atoms with Crippen LogP contribution in [-0.2, 0) is 9.53 Å². The molecule has 1 aromatic heterocycles. The number of amides is 1. The second-order valence-electron chi connectivity index (χ2n) is 3.03. The number of hydrogen-bond donors (Lipinski definition) is 3. The van der Waals surface area contributed by atoms with Crippen molar-refractivity contribution in [3.8, 4) is 0 Å². The number of ether oxygens (including phenoxy) is 1. The zero-order chi connectivity index (χ0) is 11.4. The Morgan fingerprint density at radius 1 is 1.60 bits per heavy atom. The molecule has 1 amide bonds. The Labute approximate surface area is 86.2 Å². The van der Waals surface area contributed by atoms with E-state index < -0.39 is 5.97 Å². The zero-order valence-corrected chi connectivity index (χ0v) is 8.46. The number of carboxylic acid groups (broad SMARTS) is 1. The van der Waals surface area contributed by atoms with E-state index in [-0.39, 0.29) is 23.9 Å². The van der Waals surface area contributed by atoms with Gasteiger partial charge in [-0.15, -0.1) is 0 Å². The summed E-state index contributed by atoms with van der Waals surface area (Å²) < 4.78 is 4.61. The van der Waals surface area contributed by atoms with Crippen LogP contribution in [0, 0.1) is 6.92 Å². The molecule has 0 aliphatic rings. The average Bonchev–Trinajstić information content (AvgIpc) is 2.47. The first-order valence-electron chi connectivity index (χ1n) is 4.26. The molecular weight excluding hydrogens is 200 g/mol. The van der Waals surface area contributed by atoms with Gasteiger partial charge in [0.2, 0.25) is 5.91 Å². The van der Waals surface area contributed by atoms with Gasteiger partial charge in [0.15, 0.2) is 0 Å². The molecule has 0 atom stereocenters. The van der Waals surface area contributed by atoms with Crippen molar-refractivity contribution in [2.75, 3.05) is 19.0 Å². The van der Waals surface area contributed by atoms with Crippen molar-refractivity contribution >= 4 is 17.6 Å². The summed E-state index contributed by atoms with van der Waals surface area (Å²) in [5.41, 5.74) is 0.888. The maximum atomic E-state index is 11.2. The van der Waals surface area contributed by atoms with E-state index in [4.69, 9.17) is 5.11 Å². The van der Waals surface area contributed by atoms with Gasteiger partial charge in [0.25, 0.3) is 0 Å². The Morgan fingerprint density at radius 3 is 2.80 bits per heavy atom. The van der Waals surface area contributed by atoms with Gasteiger partial charge in [-0.1, -0.05) is 0 Å². The molecule has 0 unspecified atom stereocenters. The molecular formula is C9H12N2O4. The molecule has 0 aliphatic heterocycles. The maximum absolute atomic E-state index is 11.2. The topological polar surface area (TPSA) is 91.4 Å². The number of anilines is 1. The third-order valence-corrected chi connectivity index (χ3v) is 1.72. The van der Waals surface area contributed by atoms with Crippen LogP contribution in [0.4, 0.5) is 5.69 Å². The van der Waals surface area contributed by atoms with Gasteiger partial charge in [0, 0.05) is 12.8 Å². The summed E-state index contributed by atoms with van der Waals surface area (Å²) in [7, 11) is 1.39. The molecule has 82 valence electrons. The fraction of sp³-hybridized carbons (Fsp3) is 0.333. The van der Waals surface area contributed by atoms with Crippen LogP contribution < -0.4 is 5.32 Å². The van der Waals surface area contributed by atoms with Crippen LogP contribution in [0.25, 0.3) is 0 Å². The van der Waals surface area contributed by atoms with Crippen molar-refractivity contribution in [2.45, 2.75) is 6.92 Å². The van der Waals surface area contributed by atoms with Crippen LogP contribution in [0.1, 0.15) is 16.2 Å². The second kappa shape index (κ2) is 4.61. The van der Waals surface area contributed by atoms with Gasteiger partial charge < -0.3 is 20.1 Å². The Hall–Kier alpha value is -1.82. The second-order valence-corrected chi connectivity index (χ2v) is 3.03. The van der Waals surface area contributed by atoms with E-state index in [9.17, 15) is 9.59 Å². The molecule has 0 saturated carbocycles. The van der Waals surface area contributed by atoms with Gasteiger partial charge in [0.1, 0.15) is 12.3 Å². The molecule has 0 bridgehead atoms. The van der Waals surface area contributed by atoms with E-state index in [1.54, 1.807) is 13.0 Å². The lowest BCUT2D eigenvalue weighted by atomic mass is 10.3. The first-order valence-corrected chi connectivity index (χ1v) is 4.26. The summed E-state index contributed by atoms with van der Waals surface area (Å²) in [5, 5.41) is 11.2. The van der Waals surface area contributed by atoms with Gasteiger partial charge >= 0.3 is 5.97 Å². The summed E-state index contributed by atoms with van der Waals surface area (Å²) in [6.07, 6.45) is 0. The van der Waals surface area contributed by atoms with Crippen molar-refractivity contribution in [3.05, 3.63) is 17.5 Å². The van der Waals surface area contributed by atoms with Crippen LogP contribution in [0.2, 0.25) is 0 Å². The first kappa shape index (κ1) is 11.3. The van der Waals surface area contributed by atoms with Crippen LogP contribution in [0.15, 0.2) is 6.07 Å². The molecule has 0 saturated heterocycles. The van der Waals surface area contributed by atoms with Crippen molar-refractivity contribution in [2.24, 2.45) is 0 Å². The molecule has 3 N–H and O–H groups in total. The minimum absolute atomic E-state index is 0.0306. The number of carbonyl (C=O) groups excluding carboxylic acids is 1. The van der Waals surface area contributed by atoms with E-state index in [1.807, 2.05) is 0 Å². The highest BCUT2D eigenvalue weighted by Crippen LogP contribution is 2.16. The van der Waals surface area contributed by atoms with Gasteiger partial charge in [-0.05, 0) is 13.0 Å². The Balaban J connectivity index is 2.84. The number of rotatable bonds is 4. The van der Waals surface area contributed by atoms with Gasteiger partial charge in [-0.2, -0.15) is 0 Å². The summed E-state index contributed by atoms with van der Waals surface area (Å²) >= 11 is 0. The number of H-pyrrole nitrogens is 1.